The lowest BCUT2D eigenvalue weighted by molar-refractivity contribution is -0.126. The van der Waals surface area contributed by atoms with Gasteiger partial charge in [0.15, 0.2) is 5.78 Å². The lowest BCUT2D eigenvalue weighted by Gasteiger charge is -2.26. The number of ketones is 1. The number of methoxy groups -OCH3 is 1. The molecule has 1 amide bonds. The molecule has 0 fully saturated rings. The number of benzene rings is 2. The van der Waals surface area contributed by atoms with E-state index in [0.717, 1.165) is 5.56 Å². The first-order valence-corrected chi connectivity index (χ1v) is 12.2. The number of amides is 1. The van der Waals surface area contributed by atoms with Gasteiger partial charge in [0.1, 0.15) is 24.7 Å². The van der Waals surface area contributed by atoms with Gasteiger partial charge in [0, 0.05) is 42.7 Å². The van der Waals surface area contributed by atoms with Crippen molar-refractivity contribution in [2.45, 2.75) is 45.3 Å². The molecule has 0 saturated heterocycles. The number of hydrogen-bond acceptors (Lipinski definition) is 5. The topological polar surface area (TPSA) is 76.7 Å². The van der Waals surface area contributed by atoms with Gasteiger partial charge in [0.2, 0.25) is 0 Å². The minimum atomic E-state index is -0.689. The lowest BCUT2D eigenvalue weighted by Crippen LogP contribution is -2.44. The van der Waals surface area contributed by atoms with Gasteiger partial charge in [-0.2, -0.15) is 0 Å². The van der Waals surface area contributed by atoms with Crippen molar-refractivity contribution in [3.63, 3.8) is 0 Å². The van der Waals surface area contributed by atoms with Crippen molar-refractivity contribution in [3.05, 3.63) is 58.9 Å². The molecule has 0 aliphatic carbocycles. The minimum Gasteiger partial charge on any atom is -0.444 e. The molecule has 0 aliphatic heterocycles. The van der Waals surface area contributed by atoms with E-state index in [2.05, 4.69) is 10.6 Å². The van der Waals surface area contributed by atoms with E-state index in [1.807, 2.05) is 12.1 Å². The van der Waals surface area contributed by atoms with Crippen molar-refractivity contribution in [3.8, 4) is 11.1 Å². The molecule has 0 aliphatic rings. The molecule has 0 saturated carbocycles. The van der Waals surface area contributed by atoms with E-state index in [1.54, 1.807) is 39.0 Å². The maximum absolute atomic E-state index is 14.3. The van der Waals surface area contributed by atoms with Crippen LogP contribution in [0.15, 0.2) is 42.5 Å². The predicted octanol–water partition coefficient (Wildman–Crippen LogP) is 5.36. The fourth-order valence-corrected chi connectivity index (χ4v) is 3.94. The van der Waals surface area contributed by atoms with Crippen LogP contribution in [0.5, 0.6) is 0 Å². The number of halogens is 3. The summed E-state index contributed by atoms with van der Waals surface area (Å²) in [5.41, 5.74) is 1.24. The molecule has 2 aromatic carbocycles. The Kier molecular flexibility index (Phi) is 11.8. The first-order chi connectivity index (χ1) is 17.0. The van der Waals surface area contributed by atoms with Crippen molar-refractivity contribution < 1.29 is 27.8 Å². The normalized spacial score (nSPS) is 13.2. The van der Waals surface area contributed by atoms with Gasteiger partial charge in [-0.05, 0) is 62.9 Å². The zero-order valence-corrected chi connectivity index (χ0v) is 22.0. The Morgan fingerprint density at radius 3 is 2.42 bits per heavy atom. The Balaban J connectivity index is 2.23. The van der Waals surface area contributed by atoms with E-state index in [9.17, 15) is 18.4 Å². The fourth-order valence-electron chi connectivity index (χ4n) is 3.77. The Bertz CT molecular complexity index is 996. The molecule has 2 atom stereocenters. The van der Waals surface area contributed by atoms with Crippen molar-refractivity contribution in [1.29, 1.82) is 0 Å². The molecule has 0 heterocycles. The van der Waals surface area contributed by atoms with Crippen LogP contribution in [0.25, 0.3) is 11.1 Å². The summed E-state index contributed by atoms with van der Waals surface area (Å²) in [5, 5.41) is 6.23. The second-order valence-corrected chi connectivity index (χ2v) is 10.0. The Hall–Kier alpha value is -2.55. The number of alkyl carbamates (subject to hydrolysis) is 1. The van der Waals surface area contributed by atoms with Crippen LogP contribution in [0, 0.1) is 11.7 Å². The van der Waals surface area contributed by atoms with Gasteiger partial charge in [0.05, 0.1) is 0 Å². The van der Waals surface area contributed by atoms with Gasteiger partial charge in [-0.25, -0.2) is 13.6 Å². The maximum Gasteiger partial charge on any atom is 0.407 e. The van der Waals surface area contributed by atoms with Crippen molar-refractivity contribution in [2.75, 3.05) is 33.5 Å². The summed E-state index contributed by atoms with van der Waals surface area (Å²) in [4.78, 5) is 25.2. The van der Waals surface area contributed by atoms with Crippen LogP contribution in [0.3, 0.4) is 0 Å². The molecule has 198 valence electrons. The van der Waals surface area contributed by atoms with Gasteiger partial charge >= 0.3 is 6.09 Å². The van der Waals surface area contributed by atoms with Crippen LogP contribution < -0.4 is 10.6 Å². The molecule has 0 spiro atoms. The highest BCUT2D eigenvalue weighted by Gasteiger charge is 2.26. The van der Waals surface area contributed by atoms with Crippen LogP contribution in [-0.2, 0) is 20.7 Å². The number of carbonyl (C=O) groups is 2. The van der Waals surface area contributed by atoms with E-state index in [0.29, 0.717) is 29.0 Å². The van der Waals surface area contributed by atoms with Gasteiger partial charge in [-0.1, -0.05) is 35.9 Å². The first kappa shape index (κ1) is 29.7. The number of hydrogen-bond donors (Lipinski definition) is 2. The Labute approximate surface area is 216 Å². The SMILES string of the molecule is COCC(=O)[C@H](CNCCF)C[C@@H](Cc1ccc(-c2cc(Cl)ccc2F)cc1)NC(=O)OC(C)(C)C. The molecule has 36 heavy (non-hydrogen) atoms. The largest absolute Gasteiger partial charge is 0.444 e. The van der Waals surface area contributed by atoms with E-state index < -0.39 is 30.3 Å². The highest BCUT2D eigenvalue weighted by molar-refractivity contribution is 6.30. The number of nitrogens with one attached hydrogen (secondary N) is 2. The molecular weight excluding hydrogens is 490 g/mol. The Morgan fingerprint density at radius 2 is 1.81 bits per heavy atom. The van der Waals surface area contributed by atoms with E-state index in [1.165, 1.54) is 19.2 Å². The summed E-state index contributed by atoms with van der Waals surface area (Å²) in [7, 11) is 1.44. The number of carbonyl (C=O) groups excluding carboxylic acids is 2. The van der Waals surface area contributed by atoms with Crippen molar-refractivity contribution >= 4 is 23.5 Å². The first-order valence-electron chi connectivity index (χ1n) is 11.8. The van der Waals surface area contributed by atoms with Gasteiger partial charge in [-0.15, -0.1) is 0 Å². The molecule has 9 heteroatoms. The maximum atomic E-state index is 14.3. The summed E-state index contributed by atoms with van der Waals surface area (Å²) in [6, 6.07) is 11.2. The minimum absolute atomic E-state index is 0.0823. The molecule has 0 radical (unpaired) electrons. The highest BCUT2D eigenvalue weighted by atomic mass is 35.5. The number of alkyl halides is 1. The molecular formula is C27H35ClF2N2O4. The van der Waals surface area contributed by atoms with Crippen LogP contribution in [0.2, 0.25) is 5.02 Å². The number of ether oxygens (including phenoxy) is 2. The average molecular weight is 525 g/mol. The Morgan fingerprint density at radius 1 is 1.11 bits per heavy atom. The van der Waals surface area contributed by atoms with Gasteiger partial charge in [0.25, 0.3) is 0 Å². The third kappa shape index (κ3) is 10.2. The highest BCUT2D eigenvalue weighted by Crippen LogP contribution is 2.27. The van der Waals surface area contributed by atoms with Crippen molar-refractivity contribution in [2.24, 2.45) is 5.92 Å². The quantitative estimate of drug-likeness (QED) is 0.345. The van der Waals surface area contributed by atoms with E-state index >= 15 is 0 Å². The summed E-state index contributed by atoms with van der Waals surface area (Å²) >= 11 is 6.02. The van der Waals surface area contributed by atoms with Gasteiger partial charge < -0.3 is 20.1 Å². The lowest BCUT2D eigenvalue weighted by atomic mass is 9.91. The van der Waals surface area contributed by atoms with E-state index in [-0.39, 0.29) is 31.3 Å². The standard InChI is InChI=1S/C27H35ClF2N2O4/c1-27(2,3)36-26(34)32-22(14-20(16-31-12-11-29)25(33)17-35-4)13-18-5-7-19(8-6-18)23-15-21(28)9-10-24(23)30/h5-10,15,20,22,31H,11-14,16-17H2,1-4H3,(H,32,34)/t20-,22+/m0/s1. The molecule has 2 N–H and O–H groups in total. The van der Waals surface area contributed by atoms with E-state index in [4.69, 9.17) is 21.1 Å². The third-order valence-electron chi connectivity index (χ3n) is 5.37. The third-order valence-corrected chi connectivity index (χ3v) is 5.60. The average Bonchev–Trinajstić information content (AvgIpc) is 2.79. The molecule has 0 bridgehead atoms. The second kappa shape index (κ2) is 14.3. The van der Waals surface area contributed by atoms with Gasteiger partial charge in [-0.3, -0.25) is 4.79 Å². The van der Waals surface area contributed by atoms with Crippen molar-refractivity contribution in [1.82, 2.24) is 10.6 Å². The van der Waals surface area contributed by atoms with Crippen LogP contribution in [0.4, 0.5) is 13.6 Å². The number of Topliss-reactive ketones (excluding diaryl/α,β-unsaturated/α-hetero) is 1. The smallest absolute Gasteiger partial charge is 0.407 e. The monoisotopic (exact) mass is 524 g/mol. The zero-order chi connectivity index (χ0) is 26.7. The summed E-state index contributed by atoms with van der Waals surface area (Å²) in [6.45, 7) is 5.04. The summed E-state index contributed by atoms with van der Waals surface area (Å²) in [5.74, 6) is -1.03. The summed E-state index contributed by atoms with van der Waals surface area (Å²) < 4.78 is 37.3. The predicted molar refractivity (Wildman–Crippen MR) is 138 cm³/mol. The van der Waals surface area contributed by atoms with Crippen LogP contribution in [-0.4, -0.2) is 57.0 Å². The van der Waals surface area contributed by atoms with Crippen LogP contribution in [0.1, 0.15) is 32.8 Å². The molecule has 0 unspecified atom stereocenters. The molecule has 0 aromatic heterocycles. The molecule has 2 rings (SSSR count). The number of rotatable bonds is 13. The fraction of sp³-hybridized carbons (Fsp3) is 0.481. The van der Waals surface area contributed by atoms with Crippen LogP contribution >= 0.6 is 11.6 Å². The molecule has 2 aromatic rings. The molecule has 6 nitrogen and oxygen atoms in total. The zero-order valence-electron chi connectivity index (χ0n) is 21.2. The summed E-state index contributed by atoms with van der Waals surface area (Å²) in [6.07, 6.45) is 0.0998. The second-order valence-electron chi connectivity index (χ2n) is 9.59.